The number of ether oxygens (including phenoxy) is 1. The molecular weight excluding hydrogens is 399 g/mol. The largest absolute Gasteiger partial charge is 0.463 e. The summed E-state index contributed by atoms with van der Waals surface area (Å²) in [6.45, 7) is 9.51. The lowest BCUT2D eigenvalue weighted by molar-refractivity contribution is 0.428. The quantitative estimate of drug-likeness (QED) is 0.410. The van der Waals surface area contributed by atoms with Crippen LogP contribution in [0, 0.1) is 12.4 Å². The topological polar surface area (TPSA) is 93.2 Å². The number of hydrogen-bond donors (Lipinski definition) is 2. The van der Waals surface area contributed by atoms with Gasteiger partial charge in [0.2, 0.25) is 5.88 Å². The molecule has 0 saturated carbocycles. The summed E-state index contributed by atoms with van der Waals surface area (Å²) in [5.41, 5.74) is 3.16. The van der Waals surface area contributed by atoms with Gasteiger partial charge in [0.1, 0.15) is 17.8 Å². The van der Waals surface area contributed by atoms with Gasteiger partial charge in [0.15, 0.2) is 23.1 Å². The highest BCUT2D eigenvalue weighted by Gasteiger charge is 2.21. The maximum atomic E-state index is 14.9. The van der Waals surface area contributed by atoms with E-state index < -0.39 is 5.82 Å². The van der Waals surface area contributed by atoms with Crippen LogP contribution in [0.3, 0.4) is 0 Å². The van der Waals surface area contributed by atoms with Gasteiger partial charge in [-0.15, -0.1) is 0 Å². The maximum absolute atomic E-state index is 14.9. The fraction of sp³-hybridized carbons (Fsp3) is 0.0909. The Hall–Kier alpha value is -4.45. The predicted molar refractivity (Wildman–Crippen MR) is 112 cm³/mol. The van der Waals surface area contributed by atoms with Gasteiger partial charge in [-0.2, -0.15) is 5.10 Å². The van der Waals surface area contributed by atoms with Crippen molar-refractivity contribution in [2.45, 2.75) is 13.3 Å². The number of aromatic amines is 1. The number of hydrogen-bond acceptors (Lipinski definition) is 6. The molecule has 0 unspecified atom stereocenters. The molecule has 4 aromatic rings. The van der Waals surface area contributed by atoms with Crippen molar-refractivity contribution in [3.63, 3.8) is 0 Å². The number of nitrogens with one attached hydrogen (secondary N) is 2. The first kappa shape index (κ1) is 18.6. The molecule has 152 valence electrons. The molecule has 0 radical (unpaired) electrons. The molecule has 2 N–H and O–H groups in total. The number of fused-ring (bicyclic) bond motifs is 1. The number of halogens is 1. The lowest BCUT2D eigenvalue weighted by atomic mass is 10.1. The Morgan fingerprint density at radius 1 is 1.29 bits per heavy atom. The second-order valence-corrected chi connectivity index (χ2v) is 6.98. The molecule has 0 fully saturated rings. The summed E-state index contributed by atoms with van der Waals surface area (Å²) >= 11 is 0. The monoisotopic (exact) mass is 414 g/mol. The summed E-state index contributed by atoms with van der Waals surface area (Å²) in [5.74, 6) is 0.703. The summed E-state index contributed by atoms with van der Waals surface area (Å²) in [7, 11) is 0. The Bertz CT molecular complexity index is 1350. The van der Waals surface area contributed by atoms with Crippen molar-refractivity contribution in [1.82, 2.24) is 20.2 Å². The third-order valence-corrected chi connectivity index (χ3v) is 4.81. The average Bonchev–Trinajstić information content (AvgIpc) is 3.51. The standard InChI is InChI=1S/C22H15FN6O2/c1-12-8-13-5-6-17(19(23)14(13)9-12)31-22-20(24-2)21(25-11-26-22)27-18-10-15(28-29-18)16-4-3-7-30-16/h3-7,9-11H,8H2,1H3,(H2,25,26,27,28,29). The Morgan fingerprint density at radius 2 is 2.19 bits per heavy atom. The van der Waals surface area contributed by atoms with E-state index in [-0.39, 0.29) is 23.1 Å². The smallest absolute Gasteiger partial charge is 0.288 e. The normalized spacial score (nSPS) is 12.2. The first-order valence-electron chi connectivity index (χ1n) is 9.37. The third-order valence-electron chi connectivity index (χ3n) is 4.81. The molecule has 1 aromatic carbocycles. The van der Waals surface area contributed by atoms with Crippen molar-refractivity contribution in [3.05, 3.63) is 76.9 Å². The highest BCUT2D eigenvalue weighted by atomic mass is 19.1. The zero-order valence-electron chi connectivity index (χ0n) is 16.3. The van der Waals surface area contributed by atoms with E-state index in [4.69, 9.17) is 15.7 Å². The Labute approximate surface area is 176 Å². The van der Waals surface area contributed by atoms with E-state index in [2.05, 4.69) is 30.3 Å². The number of benzene rings is 1. The molecule has 0 bridgehead atoms. The highest BCUT2D eigenvalue weighted by Crippen LogP contribution is 2.39. The highest BCUT2D eigenvalue weighted by molar-refractivity contribution is 5.75. The van der Waals surface area contributed by atoms with E-state index in [0.717, 1.165) is 11.1 Å². The van der Waals surface area contributed by atoms with Crippen LogP contribution in [-0.2, 0) is 6.42 Å². The molecule has 9 heteroatoms. The third kappa shape index (κ3) is 3.40. The molecule has 5 rings (SSSR count). The van der Waals surface area contributed by atoms with Crippen LogP contribution in [0.4, 0.5) is 21.7 Å². The van der Waals surface area contributed by atoms with Crippen LogP contribution in [0.15, 0.2) is 52.9 Å². The first-order valence-corrected chi connectivity index (χ1v) is 9.37. The van der Waals surface area contributed by atoms with Gasteiger partial charge in [-0.3, -0.25) is 5.10 Å². The predicted octanol–water partition coefficient (Wildman–Crippen LogP) is 5.64. The van der Waals surface area contributed by atoms with Crippen molar-refractivity contribution < 1.29 is 13.5 Å². The van der Waals surface area contributed by atoms with E-state index in [1.54, 1.807) is 36.6 Å². The van der Waals surface area contributed by atoms with Crippen LogP contribution in [0.2, 0.25) is 0 Å². The van der Waals surface area contributed by atoms with Crippen LogP contribution in [-0.4, -0.2) is 20.2 Å². The van der Waals surface area contributed by atoms with Gasteiger partial charge in [0.05, 0.1) is 12.8 Å². The second kappa shape index (κ2) is 7.42. The molecular formula is C22H15FN6O2. The molecule has 1 aliphatic carbocycles. The molecule has 3 heterocycles. The number of H-pyrrole nitrogens is 1. The molecule has 8 nitrogen and oxygen atoms in total. The van der Waals surface area contributed by atoms with Crippen LogP contribution in [0.1, 0.15) is 18.1 Å². The zero-order chi connectivity index (χ0) is 21.4. The molecule has 0 spiro atoms. The van der Waals surface area contributed by atoms with Crippen LogP contribution in [0.5, 0.6) is 11.6 Å². The summed E-state index contributed by atoms with van der Waals surface area (Å²) in [6, 6.07) is 8.64. The number of rotatable bonds is 5. The minimum atomic E-state index is -0.478. The van der Waals surface area contributed by atoms with Crippen molar-refractivity contribution in [1.29, 1.82) is 0 Å². The minimum absolute atomic E-state index is 0.000810. The van der Waals surface area contributed by atoms with Crippen molar-refractivity contribution in [3.8, 4) is 23.1 Å². The molecule has 0 saturated heterocycles. The van der Waals surface area contributed by atoms with Crippen LogP contribution < -0.4 is 10.1 Å². The molecule has 0 atom stereocenters. The maximum Gasteiger partial charge on any atom is 0.288 e. The fourth-order valence-corrected chi connectivity index (χ4v) is 3.40. The van der Waals surface area contributed by atoms with Gasteiger partial charge in [0, 0.05) is 11.6 Å². The molecule has 31 heavy (non-hydrogen) atoms. The lowest BCUT2D eigenvalue weighted by Crippen LogP contribution is -1.99. The molecule has 0 aliphatic heterocycles. The minimum Gasteiger partial charge on any atom is -0.463 e. The second-order valence-electron chi connectivity index (χ2n) is 6.98. The number of allylic oxidation sites excluding steroid dienone is 1. The van der Waals surface area contributed by atoms with E-state index in [1.807, 2.05) is 13.0 Å². The summed E-state index contributed by atoms with van der Waals surface area (Å²) in [6.07, 6.45) is 5.31. The van der Waals surface area contributed by atoms with Crippen LogP contribution in [0.25, 0.3) is 22.4 Å². The summed E-state index contributed by atoms with van der Waals surface area (Å²) in [5, 5.41) is 9.95. The van der Waals surface area contributed by atoms with Crippen molar-refractivity contribution in [2.24, 2.45) is 0 Å². The summed E-state index contributed by atoms with van der Waals surface area (Å²) in [4.78, 5) is 11.6. The number of furan rings is 1. The van der Waals surface area contributed by atoms with Gasteiger partial charge in [0.25, 0.3) is 5.69 Å². The van der Waals surface area contributed by atoms with Crippen molar-refractivity contribution >= 4 is 23.4 Å². The van der Waals surface area contributed by atoms with Gasteiger partial charge >= 0.3 is 0 Å². The number of nitrogens with zero attached hydrogens (tertiary/aromatic N) is 4. The van der Waals surface area contributed by atoms with Crippen molar-refractivity contribution in [2.75, 3.05) is 5.32 Å². The molecule has 0 amide bonds. The number of aromatic nitrogens is 4. The Morgan fingerprint density at radius 3 is 3.00 bits per heavy atom. The zero-order valence-corrected chi connectivity index (χ0v) is 16.3. The van der Waals surface area contributed by atoms with Gasteiger partial charge in [-0.25, -0.2) is 19.2 Å². The lowest BCUT2D eigenvalue weighted by Gasteiger charge is -2.11. The van der Waals surface area contributed by atoms with Gasteiger partial charge < -0.3 is 14.5 Å². The van der Waals surface area contributed by atoms with E-state index >= 15 is 0 Å². The van der Waals surface area contributed by atoms with Gasteiger partial charge in [-0.05, 0) is 37.1 Å². The fourth-order valence-electron chi connectivity index (χ4n) is 3.40. The van der Waals surface area contributed by atoms with E-state index in [0.29, 0.717) is 29.3 Å². The van der Waals surface area contributed by atoms with Crippen LogP contribution >= 0.6 is 0 Å². The first-order chi connectivity index (χ1) is 15.1. The average molecular weight is 414 g/mol. The number of anilines is 2. The molecule has 1 aliphatic rings. The van der Waals surface area contributed by atoms with E-state index in [1.165, 1.54) is 6.33 Å². The van der Waals surface area contributed by atoms with E-state index in [9.17, 15) is 4.39 Å². The summed E-state index contributed by atoms with van der Waals surface area (Å²) < 4.78 is 25.9. The Kier molecular flexibility index (Phi) is 4.45. The van der Waals surface area contributed by atoms with Gasteiger partial charge in [-0.1, -0.05) is 17.7 Å². The Balaban J connectivity index is 1.44. The SMILES string of the molecule is [C-]#[N+]c1c(Nc2cc(-c3ccco3)[nH]n2)ncnc1Oc1ccc2c(c1F)C=C(C)C2. The molecule has 3 aromatic heterocycles.